The lowest BCUT2D eigenvalue weighted by atomic mass is 10.2. The molecule has 2 rings (SSSR count). The van der Waals surface area contributed by atoms with Crippen molar-refractivity contribution in [3.63, 3.8) is 0 Å². The summed E-state index contributed by atoms with van der Waals surface area (Å²) in [6.45, 7) is 1.33. The normalized spacial score (nSPS) is 12.5. The van der Waals surface area contributed by atoms with Crippen molar-refractivity contribution in [2.75, 3.05) is 19.4 Å². The van der Waals surface area contributed by atoms with Gasteiger partial charge >= 0.3 is 5.97 Å². The van der Waals surface area contributed by atoms with Crippen LogP contribution in [0.4, 0.5) is 10.1 Å². The summed E-state index contributed by atoms with van der Waals surface area (Å²) in [4.78, 5) is 24.2. The van der Waals surface area contributed by atoms with Crippen molar-refractivity contribution in [1.82, 2.24) is 4.31 Å². The molecule has 0 aliphatic rings. The lowest BCUT2D eigenvalue weighted by molar-refractivity contribution is -0.123. The van der Waals surface area contributed by atoms with Gasteiger partial charge in [0.1, 0.15) is 5.82 Å². The Hall–Kier alpha value is -2.78. The second kappa shape index (κ2) is 8.28. The highest BCUT2D eigenvalue weighted by Gasteiger charge is 2.22. The Morgan fingerprint density at radius 1 is 1.11 bits per heavy atom. The highest BCUT2D eigenvalue weighted by molar-refractivity contribution is 7.89. The number of carbonyl (C=O) groups excluding carboxylic acids is 2. The van der Waals surface area contributed by atoms with E-state index in [2.05, 4.69) is 5.32 Å². The SMILES string of the molecule is C[C@H](OC(=O)c1ccccc1F)C(=O)Nc1cccc(S(=O)(=O)N(C)C)c1. The zero-order chi connectivity index (χ0) is 20.2. The molecule has 0 aliphatic heterocycles. The molecule has 1 atom stereocenters. The number of ether oxygens (including phenoxy) is 1. The number of esters is 1. The highest BCUT2D eigenvalue weighted by Crippen LogP contribution is 2.18. The molecule has 1 amide bonds. The fourth-order valence-corrected chi connectivity index (χ4v) is 3.04. The van der Waals surface area contributed by atoms with Crippen LogP contribution in [0.3, 0.4) is 0 Å². The van der Waals surface area contributed by atoms with E-state index in [9.17, 15) is 22.4 Å². The number of rotatable bonds is 6. The maximum Gasteiger partial charge on any atom is 0.341 e. The molecule has 7 nitrogen and oxygen atoms in total. The summed E-state index contributed by atoms with van der Waals surface area (Å²) in [7, 11) is -0.873. The molecule has 0 saturated carbocycles. The minimum Gasteiger partial charge on any atom is -0.449 e. The van der Waals surface area contributed by atoms with Crippen LogP contribution < -0.4 is 5.32 Å². The largest absolute Gasteiger partial charge is 0.449 e. The van der Waals surface area contributed by atoms with Gasteiger partial charge < -0.3 is 10.1 Å². The van der Waals surface area contributed by atoms with Crippen LogP contribution in [0, 0.1) is 5.82 Å². The monoisotopic (exact) mass is 394 g/mol. The van der Waals surface area contributed by atoms with Crippen molar-refractivity contribution in [2.24, 2.45) is 0 Å². The Morgan fingerprint density at radius 2 is 1.78 bits per heavy atom. The quantitative estimate of drug-likeness (QED) is 0.759. The van der Waals surface area contributed by atoms with Crippen LogP contribution in [-0.2, 0) is 19.6 Å². The number of benzene rings is 2. The molecule has 0 unspecified atom stereocenters. The van der Waals surface area contributed by atoms with Crippen LogP contribution in [0.2, 0.25) is 0 Å². The molecule has 144 valence electrons. The third-order valence-corrected chi connectivity index (χ3v) is 5.44. The number of sulfonamides is 1. The van der Waals surface area contributed by atoms with Gasteiger partial charge in [-0.05, 0) is 37.3 Å². The Kier molecular flexibility index (Phi) is 6.29. The average Bonchev–Trinajstić information content (AvgIpc) is 2.62. The van der Waals surface area contributed by atoms with Gasteiger partial charge in [0.05, 0.1) is 10.5 Å². The smallest absolute Gasteiger partial charge is 0.341 e. The highest BCUT2D eigenvalue weighted by atomic mass is 32.2. The van der Waals surface area contributed by atoms with Crippen LogP contribution >= 0.6 is 0 Å². The summed E-state index contributed by atoms with van der Waals surface area (Å²) in [5, 5.41) is 2.47. The molecule has 0 bridgehead atoms. The van der Waals surface area contributed by atoms with Crippen molar-refractivity contribution in [3.05, 3.63) is 59.9 Å². The number of nitrogens with one attached hydrogen (secondary N) is 1. The topological polar surface area (TPSA) is 92.8 Å². The summed E-state index contributed by atoms with van der Waals surface area (Å²) in [6, 6.07) is 10.9. The number of anilines is 1. The van der Waals surface area contributed by atoms with Gasteiger partial charge in [0, 0.05) is 19.8 Å². The van der Waals surface area contributed by atoms with Crippen LogP contribution in [0.1, 0.15) is 17.3 Å². The Labute approximate surface area is 156 Å². The molecular formula is C18H19FN2O5S. The summed E-state index contributed by atoms with van der Waals surface area (Å²) >= 11 is 0. The number of hydrogen-bond acceptors (Lipinski definition) is 5. The van der Waals surface area contributed by atoms with Crippen LogP contribution in [-0.4, -0.2) is 44.8 Å². The Morgan fingerprint density at radius 3 is 2.41 bits per heavy atom. The zero-order valence-electron chi connectivity index (χ0n) is 15.0. The summed E-state index contributed by atoms with van der Waals surface area (Å²) < 4.78 is 43.9. The van der Waals surface area contributed by atoms with E-state index in [-0.39, 0.29) is 16.1 Å². The lowest BCUT2D eigenvalue weighted by Crippen LogP contribution is -2.30. The van der Waals surface area contributed by atoms with Crippen molar-refractivity contribution in [2.45, 2.75) is 17.9 Å². The minimum atomic E-state index is -3.66. The minimum absolute atomic E-state index is 0.00121. The number of carbonyl (C=O) groups is 2. The standard InChI is InChI=1S/C18H19FN2O5S/c1-12(26-18(23)15-9-4-5-10-16(15)19)17(22)20-13-7-6-8-14(11-13)27(24,25)21(2)3/h4-12H,1-3H3,(H,20,22)/t12-/m0/s1. The van der Waals surface area contributed by atoms with Crippen LogP contribution in [0.5, 0.6) is 0 Å². The third kappa shape index (κ3) is 4.89. The zero-order valence-corrected chi connectivity index (χ0v) is 15.8. The van der Waals surface area contributed by atoms with E-state index in [4.69, 9.17) is 4.74 Å². The molecule has 2 aromatic carbocycles. The van der Waals surface area contributed by atoms with Crippen molar-refractivity contribution >= 4 is 27.6 Å². The van der Waals surface area contributed by atoms with E-state index in [1.54, 1.807) is 0 Å². The van der Waals surface area contributed by atoms with Gasteiger partial charge in [-0.1, -0.05) is 18.2 Å². The van der Waals surface area contributed by atoms with Crippen LogP contribution in [0.15, 0.2) is 53.4 Å². The Balaban J connectivity index is 2.09. The summed E-state index contributed by atoms with van der Waals surface area (Å²) in [5.41, 5.74) is -0.0621. The first-order chi connectivity index (χ1) is 12.6. The van der Waals surface area contributed by atoms with Gasteiger partial charge in [-0.3, -0.25) is 4.79 Å². The predicted octanol–water partition coefficient (Wildman–Crippen LogP) is 2.26. The maximum absolute atomic E-state index is 13.6. The molecule has 0 radical (unpaired) electrons. The lowest BCUT2D eigenvalue weighted by Gasteiger charge is -2.15. The first kappa shape index (κ1) is 20.5. The maximum atomic E-state index is 13.6. The molecule has 1 N–H and O–H groups in total. The first-order valence-corrected chi connectivity index (χ1v) is 9.36. The van der Waals surface area contributed by atoms with Crippen molar-refractivity contribution in [1.29, 1.82) is 0 Å². The van der Waals surface area contributed by atoms with Gasteiger partial charge in [-0.15, -0.1) is 0 Å². The molecule has 0 spiro atoms. The summed E-state index contributed by atoms with van der Waals surface area (Å²) in [5.74, 6) is -2.41. The van der Waals surface area contributed by atoms with E-state index in [1.807, 2.05) is 0 Å². The van der Waals surface area contributed by atoms with E-state index in [0.717, 1.165) is 10.4 Å². The fraction of sp³-hybridized carbons (Fsp3) is 0.222. The van der Waals surface area contributed by atoms with Gasteiger partial charge in [0.15, 0.2) is 6.10 Å². The second-order valence-corrected chi connectivity index (χ2v) is 7.98. The third-order valence-electron chi connectivity index (χ3n) is 3.63. The number of nitrogens with zero attached hydrogens (tertiary/aromatic N) is 1. The van der Waals surface area contributed by atoms with Gasteiger partial charge in [0.2, 0.25) is 10.0 Å². The van der Waals surface area contributed by atoms with E-state index in [0.29, 0.717) is 0 Å². The summed E-state index contributed by atoms with van der Waals surface area (Å²) in [6.07, 6.45) is -1.22. The molecular weight excluding hydrogens is 375 g/mol. The molecule has 0 saturated heterocycles. The number of hydrogen-bond donors (Lipinski definition) is 1. The second-order valence-electron chi connectivity index (χ2n) is 5.83. The molecule has 0 aromatic heterocycles. The molecule has 27 heavy (non-hydrogen) atoms. The predicted molar refractivity (Wildman–Crippen MR) is 97.2 cm³/mol. The van der Waals surface area contributed by atoms with Crippen LogP contribution in [0.25, 0.3) is 0 Å². The molecule has 0 fully saturated rings. The molecule has 0 heterocycles. The molecule has 0 aliphatic carbocycles. The van der Waals surface area contributed by atoms with E-state index in [1.165, 1.54) is 63.5 Å². The molecule has 9 heteroatoms. The Bertz CT molecular complexity index is 960. The molecule has 2 aromatic rings. The number of amides is 1. The van der Waals surface area contributed by atoms with Gasteiger partial charge in [-0.25, -0.2) is 21.9 Å². The fourth-order valence-electron chi connectivity index (χ4n) is 2.09. The van der Waals surface area contributed by atoms with Gasteiger partial charge in [0.25, 0.3) is 5.91 Å². The average molecular weight is 394 g/mol. The van der Waals surface area contributed by atoms with Crippen molar-refractivity contribution < 1.29 is 27.1 Å². The van der Waals surface area contributed by atoms with Gasteiger partial charge in [-0.2, -0.15) is 0 Å². The number of halogens is 1. The van der Waals surface area contributed by atoms with E-state index < -0.39 is 33.8 Å². The van der Waals surface area contributed by atoms with Crippen molar-refractivity contribution in [3.8, 4) is 0 Å². The first-order valence-electron chi connectivity index (χ1n) is 7.92. The van der Waals surface area contributed by atoms with E-state index >= 15 is 0 Å².